The van der Waals surface area contributed by atoms with Crippen LogP contribution in [0.25, 0.3) is 11.1 Å². The highest BCUT2D eigenvalue weighted by Gasteiger charge is 2.43. The van der Waals surface area contributed by atoms with E-state index in [1.54, 1.807) is 6.07 Å². The molecule has 7 heteroatoms. The Labute approximate surface area is 207 Å². The zero-order valence-electron chi connectivity index (χ0n) is 19.1. The van der Waals surface area contributed by atoms with E-state index in [9.17, 15) is 9.90 Å². The number of carbonyl (C=O) groups is 1. The summed E-state index contributed by atoms with van der Waals surface area (Å²) in [6.45, 7) is 0.540. The molecule has 0 saturated carbocycles. The second-order valence-electron chi connectivity index (χ2n) is 9.38. The van der Waals surface area contributed by atoms with Crippen LogP contribution in [0.15, 0.2) is 42.5 Å². The van der Waals surface area contributed by atoms with E-state index in [1.165, 1.54) is 6.07 Å². The number of aliphatic hydroxyl groups excluding tert-OH is 1. The first-order valence-corrected chi connectivity index (χ1v) is 12.2. The quantitative estimate of drug-likeness (QED) is 0.333. The number of hydrogen-bond donors (Lipinski definition) is 2. The van der Waals surface area contributed by atoms with Crippen molar-refractivity contribution in [3.8, 4) is 16.9 Å². The van der Waals surface area contributed by atoms with E-state index in [1.807, 2.05) is 30.3 Å². The minimum absolute atomic E-state index is 0.0389. The van der Waals surface area contributed by atoms with E-state index >= 15 is 8.78 Å². The Bertz CT molecular complexity index is 1300. The smallest absolute Gasteiger partial charge is 0.150 e. The van der Waals surface area contributed by atoms with Crippen LogP contribution in [-0.4, -0.2) is 24.0 Å². The van der Waals surface area contributed by atoms with E-state index in [0.29, 0.717) is 42.4 Å². The number of benzene rings is 3. The summed E-state index contributed by atoms with van der Waals surface area (Å²) in [5.74, 6) is -1.10. The summed E-state index contributed by atoms with van der Waals surface area (Å²) in [5, 5.41) is 9.83. The normalized spacial score (nSPS) is 20.4. The third-order valence-corrected chi connectivity index (χ3v) is 7.52. The molecular formula is C28H26ClF2NO3. The van der Waals surface area contributed by atoms with E-state index in [4.69, 9.17) is 22.1 Å². The molecular weight excluding hydrogens is 472 g/mol. The minimum Gasteiger partial charge on any atom is -0.482 e. The monoisotopic (exact) mass is 497 g/mol. The number of aliphatic hydroxyl groups is 1. The molecule has 0 radical (unpaired) electrons. The largest absolute Gasteiger partial charge is 0.482 e. The topological polar surface area (TPSA) is 72.6 Å². The highest BCUT2D eigenvalue weighted by Crippen LogP contribution is 2.52. The predicted octanol–water partition coefficient (Wildman–Crippen LogP) is 5.52. The minimum atomic E-state index is -0.796. The number of carbonyl (C=O) groups excluding carboxylic acids is 1. The number of rotatable bonds is 7. The molecule has 2 atom stereocenters. The van der Waals surface area contributed by atoms with Gasteiger partial charge in [0.1, 0.15) is 23.0 Å². The van der Waals surface area contributed by atoms with Crippen molar-refractivity contribution in [2.24, 2.45) is 5.73 Å². The van der Waals surface area contributed by atoms with Crippen molar-refractivity contribution in [1.82, 2.24) is 0 Å². The van der Waals surface area contributed by atoms with Gasteiger partial charge in [-0.2, -0.15) is 0 Å². The third-order valence-electron chi connectivity index (χ3n) is 7.15. The van der Waals surface area contributed by atoms with Gasteiger partial charge in [0.2, 0.25) is 0 Å². The standard InChI is InChI=1S/C28H26ClF2NO3/c29-26-22(30)13-23-21(14-28(35-23,8-4-5-9-32)18-6-2-1-3-7-18)25(26)24-17(15-33)10-16-11-19(34)12-20(16)27(24)31/h1-3,6-7,10,13,15,19,34H,4-5,8-9,11-12,14,32H2. The first-order chi connectivity index (χ1) is 16.9. The van der Waals surface area contributed by atoms with Gasteiger partial charge in [0, 0.05) is 41.2 Å². The summed E-state index contributed by atoms with van der Waals surface area (Å²) in [6, 6.07) is 12.5. The van der Waals surface area contributed by atoms with Crippen molar-refractivity contribution in [3.63, 3.8) is 0 Å². The average molecular weight is 498 g/mol. The first kappa shape index (κ1) is 23.9. The SMILES string of the molecule is NCCCCC1(c2ccccc2)Cc2c(cc(F)c(Cl)c2-c2c(C=O)cc3c(c2F)CC(O)C3)O1. The van der Waals surface area contributed by atoms with Gasteiger partial charge < -0.3 is 15.6 Å². The van der Waals surface area contributed by atoms with Crippen molar-refractivity contribution < 1.29 is 23.4 Å². The molecule has 0 fully saturated rings. The molecule has 3 N–H and O–H groups in total. The number of aldehydes is 1. The lowest BCUT2D eigenvalue weighted by Gasteiger charge is -2.29. The van der Waals surface area contributed by atoms with Crippen LogP contribution >= 0.6 is 11.6 Å². The van der Waals surface area contributed by atoms with Gasteiger partial charge in [-0.1, -0.05) is 41.9 Å². The van der Waals surface area contributed by atoms with Crippen molar-refractivity contribution >= 4 is 17.9 Å². The summed E-state index contributed by atoms with van der Waals surface area (Å²) < 4.78 is 37.5. The van der Waals surface area contributed by atoms with Crippen molar-refractivity contribution in [1.29, 1.82) is 0 Å². The fourth-order valence-electron chi connectivity index (χ4n) is 5.52. The highest BCUT2D eigenvalue weighted by molar-refractivity contribution is 6.34. The lowest BCUT2D eigenvalue weighted by Crippen LogP contribution is -2.31. The number of halogens is 3. The maximum absolute atomic E-state index is 15.9. The lowest BCUT2D eigenvalue weighted by atomic mass is 9.82. The molecule has 35 heavy (non-hydrogen) atoms. The molecule has 0 amide bonds. The molecule has 5 rings (SSSR count). The Kier molecular flexibility index (Phi) is 6.38. The Morgan fingerprint density at radius 2 is 1.89 bits per heavy atom. The second-order valence-corrected chi connectivity index (χ2v) is 9.76. The van der Waals surface area contributed by atoms with Crippen LogP contribution in [-0.2, 0) is 24.9 Å². The molecule has 3 aromatic rings. The van der Waals surface area contributed by atoms with Crippen LogP contribution in [0.3, 0.4) is 0 Å². The Hall–Kier alpha value is -2.80. The highest BCUT2D eigenvalue weighted by atomic mass is 35.5. The zero-order chi connectivity index (χ0) is 24.7. The Morgan fingerprint density at radius 1 is 1.11 bits per heavy atom. The molecule has 1 aliphatic carbocycles. The Balaban J connectivity index is 1.70. The van der Waals surface area contributed by atoms with E-state index in [0.717, 1.165) is 18.4 Å². The third kappa shape index (κ3) is 4.03. The predicted molar refractivity (Wildman–Crippen MR) is 131 cm³/mol. The van der Waals surface area contributed by atoms with Gasteiger partial charge in [-0.15, -0.1) is 0 Å². The van der Waals surface area contributed by atoms with E-state index < -0.39 is 23.3 Å². The molecule has 0 spiro atoms. The van der Waals surface area contributed by atoms with Gasteiger partial charge in [0.25, 0.3) is 0 Å². The summed E-state index contributed by atoms with van der Waals surface area (Å²) in [4.78, 5) is 12.0. The van der Waals surface area contributed by atoms with Gasteiger partial charge in [0.05, 0.1) is 11.1 Å². The fraction of sp³-hybridized carbons (Fsp3) is 0.321. The summed E-state index contributed by atoms with van der Waals surface area (Å²) in [7, 11) is 0. The maximum atomic E-state index is 15.9. The Morgan fingerprint density at radius 3 is 2.60 bits per heavy atom. The fourth-order valence-corrected chi connectivity index (χ4v) is 5.78. The zero-order valence-corrected chi connectivity index (χ0v) is 19.9. The number of nitrogens with two attached hydrogens (primary N) is 1. The number of unbranched alkanes of at least 4 members (excludes halogenated alkanes) is 1. The molecule has 2 unspecified atom stereocenters. The van der Waals surface area contributed by atoms with Crippen LogP contribution in [0, 0.1) is 11.6 Å². The van der Waals surface area contributed by atoms with Crippen molar-refractivity contribution in [3.05, 3.63) is 86.9 Å². The second kappa shape index (κ2) is 9.34. The van der Waals surface area contributed by atoms with Crippen molar-refractivity contribution in [2.75, 3.05) is 6.54 Å². The number of ether oxygens (including phenoxy) is 1. The van der Waals surface area contributed by atoms with Gasteiger partial charge in [-0.3, -0.25) is 4.79 Å². The van der Waals surface area contributed by atoms with Gasteiger partial charge in [0.15, 0.2) is 6.29 Å². The van der Waals surface area contributed by atoms with Crippen LogP contribution in [0.1, 0.15) is 51.9 Å². The number of fused-ring (bicyclic) bond motifs is 2. The van der Waals surface area contributed by atoms with E-state index in [2.05, 4.69) is 0 Å². The summed E-state index contributed by atoms with van der Waals surface area (Å²) >= 11 is 6.48. The van der Waals surface area contributed by atoms with Crippen molar-refractivity contribution in [2.45, 2.75) is 50.2 Å². The van der Waals surface area contributed by atoms with E-state index in [-0.39, 0.29) is 40.3 Å². The molecule has 4 nitrogen and oxygen atoms in total. The molecule has 0 saturated heterocycles. The van der Waals surface area contributed by atoms with Crippen LogP contribution in [0.5, 0.6) is 5.75 Å². The molecule has 1 aliphatic heterocycles. The van der Waals surface area contributed by atoms with Gasteiger partial charge in [-0.25, -0.2) is 8.78 Å². The number of hydrogen-bond acceptors (Lipinski definition) is 4. The molecule has 182 valence electrons. The maximum Gasteiger partial charge on any atom is 0.150 e. The first-order valence-electron chi connectivity index (χ1n) is 11.8. The average Bonchev–Trinajstić information content (AvgIpc) is 3.42. The van der Waals surface area contributed by atoms with Gasteiger partial charge in [-0.05, 0) is 55.0 Å². The molecule has 0 bridgehead atoms. The molecule has 3 aromatic carbocycles. The van der Waals surface area contributed by atoms with Crippen LogP contribution in [0.4, 0.5) is 8.78 Å². The van der Waals surface area contributed by atoms with Gasteiger partial charge >= 0.3 is 0 Å². The van der Waals surface area contributed by atoms with Crippen LogP contribution < -0.4 is 10.5 Å². The van der Waals surface area contributed by atoms with Crippen LogP contribution in [0.2, 0.25) is 5.02 Å². The molecule has 2 aliphatic rings. The molecule has 1 heterocycles. The summed E-state index contributed by atoms with van der Waals surface area (Å²) in [6.07, 6.45) is 2.78. The summed E-state index contributed by atoms with van der Waals surface area (Å²) in [5.41, 5.74) is 7.51. The lowest BCUT2D eigenvalue weighted by molar-refractivity contribution is 0.0793. The molecule has 0 aromatic heterocycles.